The van der Waals surface area contributed by atoms with Crippen molar-refractivity contribution in [3.8, 4) is 0 Å². The van der Waals surface area contributed by atoms with Gasteiger partial charge in [0.1, 0.15) is 0 Å². The van der Waals surface area contributed by atoms with Crippen LogP contribution in [0.2, 0.25) is 0 Å². The lowest BCUT2D eigenvalue weighted by atomic mass is 9.87. The van der Waals surface area contributed by atoms with Gasteiger partial charge in [-0.2, -0.15) is 0 Å². The highest BCUT2D eigenvalue weighted by Crippen LogP contribution is 2.37. The Hall–Kier alpha value is -0.870. The second kappa shape index (κ2) is 5.41. The maximum Gasteiger partial charge on any atom is 0.221 e. The Bertz CT molecular complexity index is 425. The molecule has 1 atom stereocenters. The first kappa shape index (κ1) is 13.6. The van der Waals surface area contributed by atoms with Crippen LogP contribution >= 0.6 is 11.3 Å². The van der Waals surface area contributed by atoms with Gasteiger partial charge in [0.2, 0.25) is 5.91 Å². The van der Waals surface area contributed by atoms with Crippen LogP contribution in [0.15, 0.2) is 11.4 Å². The lowest BCUT2D eigenvalue weighted by Crippen LogP contribution is -2.37. The van der Waals surface area contributed by atoms with E-state index in [0.717, 1.165) is 12.2 Å². The van der Waals surface area contributed by atoms with Gasteiger partial charge in [0, 0.05) is 24.4 Å². The molecule has 1 aliphatic rings. The zero-order valence-electron chi connectivity index (χ0n) is 11.4. The monoisotopic (exact) mass is 266 g/mol. The molecule has 2 rings (SSSR count). The van der Waals surface area contributed by atoms with Crippen molar-refractivity contribution >= 4 is 22.9 Å². The Kier molecular flexibility index (Phi) is 4.07. The third-order valence-electron chi connectivity index (χ3n) is 3.82. The van der Waals surface area contributed by atoms with E-state index in [-0.39, 0.29) is 5.91 Å². The van der Waals surface area contributed by atoms with Gasteiger partial charge in [-0.1, -0.05) is 20.3 Å². The first-order chi connectivity index (χ1) is 8.49. The van der Waals surface area contributed by atoms with Crippen LogP contribution in [-0.2, 0) is 11.3 Å². The van der Waals surface area contributed by atoms with Gasteiger partial charge in [-0.05, 0) is 29.7 Å². The van der Waals surface area contributed by atoms with Gasteiger partial charge in [-0.15, -0.1) is 11.3 Å². The fraction of sp³-hybridized carbons (Fsp3) is 0.643. The normalized spacial score (nSPS) is 22.1. The molecule has 0 aromatic carbocycles. The molecule has 0 bridgehead atoms. The summed E-state index contributed by atoms with van der Waals surface area (Å²) in [6, 6.07) is 2.56. The van der Waals surface area contributed by atoms with Crippen LogP contribution in [0.25, 0.3) is 0 Å². The molecule has 1 saturated carbocycles. The molecule has 18 heavy (non-hydrogen) atoms. The Balaban J connectivity index is 1.94. The van der Waals surface area contributed by atoms with Crippen molar-refractivity contribution in [2.24, 2.45) is 5.41 Å². The van der Waals surface area contributed by atoms with E-state index in [2.05, 4.69) is 24.5 Å². The summed E-state index contributed by atoms with van der Waals surface area (Å²) in [4.78, 5) is 12.3. The molecule has 100 valence electrons. The summed E-state index contributed by atoms with van der Waals surface area (Å²) in [5.74, 6) is -0.00385. The number of hydrogen-bond acceptors (Lipinski definition) is 3. The molecule has 4 heteroatoms. The standard InChI is InChI=1S/C14H22N2OS/c1-10(17)16-11-6-8-18-12(11)9-15-13-5-4-7-14(13,2)3/h6,8,13,15H,4-5,7,9H2,1-3H3,(H,16,17). The average molecular weight is 266 g/mol. The smallest absolute Gasteiger partial charge is 0.221 e. The van der Waals surface area contributed by atoms with Gasteiger partial charge >= 0.3 is 0 Å². The molecule has 1 aliphatic carbocycles. The van der Waals surface area contributed by atoms with E-state index < -0.39 is 0 Å². The molecule has 0 spiro atoms. The molecule has 1 aromatic rings. The van der Waals surface area contributed by atoms with Crippen molar-refractivity contribution in [2.75, 3.05) is 5.32 Å². The lowest BCUT2D eigenvalue weighted by Gasteiger charge is -2.28. The van der Waals surface area contributed by atoms with Gasteiger partial charge in [-0.25, -0.2) is 0 Å². The second-order valence-corrected chi connectivity index (χ2v) is 6.75. The molecule has 1 unspecified atom stereocenters. The minimum atomic E-state index is -0.00385. The molecular formula is C14H22N2OS. The van der Waals surface area contributed by atoms with Gasteiger partial charge in [0.05, 0.1) is 5.69 Å². The second-order valence-electron chi connectivity index (χ2n) is 5.75. The Morgan fingerprint density at radius 2 is 2.33 bits per heavy atom. The number of thiophene rings is 1. The number of carbonyl (C=O) groups is 1. The molecule has 1 aromatic heterocycles. The van der Waals surface area contributed by atoms with Crippen LogP contribution in [-0.4, -0.2) is 11.9 Å². The number of carbonyl (C=O) groups excluding carboxylic acids is 1. The Labute approximate surface area is 113 Å². The van der Waals surface area contributed by atoms with E-state index in [1.807, 2.05) is 11.4 Å². The quantitative estimate of drug-likeness (QED) is 0.877. The summed E-state index contributed by atoms with van der Waals surface area (Å²) in [7, 11) is 0. The molecule has 0 saturated heterocycles. The van der Waals surface area contributed by atoms with E-state index >= 15 is 0 Å². The highest BCUT2D eigenvalue weighted by Gasteiger charge is 2.33. The number of amides is 1. The summed E-state index contributed by atoms with van der Waals surface area (Å²) in [5, 5.41) is 8.56. The number of nitrogens with one attached hydrogen (secondary N) is 2. The maximum atomic E-state index is 11.1. The predicted molar refractivity (Wildman–Crippen MR) is 76.9 cm³/mol. The predicted octanol–water partition coefficient (Wildman–Crippen LogP) is 3.37. The van der Waals surface area contributed by atoms with Crippen LogP contribution in [0.5, 0.6) is 0 Å². The van der Waals surface area contributed by atoms with E-state index in [1.165, 1.54) is 24.1 Å². The summed E-state index contributed by atoms with van der Waals surface area (Å²) < 4.78 is 0. The minimum Gasteiger partial charge on any atom is -0.325 e. The van der Waals surface area contributed by atoms with Crippen LogP contribution in [0.3, 0.4) is 0 Å². The van der Waals surface area contributed by atoms with Crippen molar-refractivity contribution in [3.05, 3.63) is 16.3 Å². The summed E-state index contributed by atoms with van der Waals surface area (Å²) in [5.41, 5.74) is 1.35. The van der Waals surface area contributed by atoms with Crippen molar-refractivity contribution in [2.45, 2.75) is 52.6 Å². The van der Waals surface area contributed by atoms with Crippen molar-refractivity contribution < 1.29 is 4.79 Å². The van der Waals surface area contributed by atoms with E-state index in [4.69, 9.17) is 0 Å². The van der Waals surface area contributed by atoms with Crippen LogP contribution in [0.4, 0.5) is 5.69 Å². The van der Waals surface area contributed by atoms with E-state index in [9.17, 15) is 4.79 Å². The third-order valence-corrected chi connectivity index (χ3v) is 4.74. The lowest BCUT2D eigenvalue weighted by molar-refractivity contribution is -0.114. The van der Waals surface area contributed by atoms with Gasteiger partial charge in [0.25, 0.3) is 0 Å². The van der Waals surface area contributed by atoms with Gasteiger partial charge < -0.3 is 10.6 Å². The molecular weight excluding hydrogens is 244 g/mol. The van der Waals surface area contributed by atoms with Gasteiger partial charge in [0.15, 0.2) is 0 Å². The van der Waals surface area contributed by atoms with Crippen LogP contribution in [0.1, 0.15) is 44.9 Å². The SMILES string of the molecule is CC(=O)Nc1ccsc1CNC1CCCC1(C)C. The largest absolute Gasteiger partial charge is 0.325 e. The molecule has 1 heterocycles. The summed E-state index contributed by atoms with van der Waals surface area (Å²) >= 11 is 1.70. The molecule has 0 aliphatic heterocycles. The Morgan fingerprint density at radius 3 is 2.94 bits per heavy atom. The summed E-state index contributed by atoms with van der Waals surface area (Å²) in [6.07, 6.45) is 3.87. The molecule has 2 N–H and O–H groups in total. The fourth-order valence-corrected chi connectivity index (χ4v) is 3.48. The van der Waals surface area contributed by atoms with Crippen molar-refractivity contribution in [3.63, 3.8) is 0 Å². The van der Waals surface area contributed by atoms with Crippen LogP contribution in [0, 0.1) is 5.41 Å². The minimum absolute atomic E-state index is 0.00385. The average Bonchev–Trinajstić information content (AvgIpc) is 2.81. The molecule has 0 radical (unpaired) electrons. The highest BCUT2D eigenvalue weighted by atomic mass is 32.1. The topological polar surface area (TPSA) is 41.1 Å². The first-order valence-electron chi connectivity index (χ1n) is 6.56. The van der Waals surface area contributed by atoms with Crippen LogP contribution < -0.4 is 10.6 Å². The number of anilines is 1. The highest BCUT2D eigenvalue weighted by molar-refractivity contribution is 7.10. The molecule has 1 fully saturated rings. The molecule has 3 nitrogen and oxygen atoms in total. The zero-order valence-corrected chi connectivity index (χ0v) is 12.2. The third kappa shape index (κ3) is 3.12. The maximum absolute atomic E-state index is 11.1. The first-order valence-corrected chi connectivity index (χ1v) is 7.44. The van der Waals surface area contributed by atoms with E-state index in [1.54, 1.807) is 18.3 Å². The number of rotatable bonds is 4. The zero-order chi connectivity index (χ0) is 13.2. The fourth-order valence-electron chi connectivity index (χ4n) is 2.70. The van der Waals surface area contributed by atoms with Gasteiger partial charge in [-0.3, -0.25) is 4.79 Å². The summed E-state index contributed by atoms with van der Waals surface area (Å²) in [6.45, 7) is 7.07. The van der Waals surface area contributed by atoms with Crippen molar-refractivity contribution in [1.82, 2.24) is 5.32 Å². The number of hydrogen-bond donors (Lipinski definition) is 2. The molecule has 1 amide bonds. The Morgan fingerprint density at radius 1 is 1.56 bits per heavy atom. The van der Waals surface area contributed by atoms with Crippen molar-refractivity contribution in [1.29, 1.82) is 0 Å². The van der Waals surface area contributed by atoms with E-state index in [0.29, 0.717) is 11.5 Å².